The second kappa shape index (κ2) is 11.2. The molecule has 0 fully saturated rings. The van der Waals surface area contributed by atoms with Crippen molar-refractivity contribution in [3.63, 3.8) is 0 Å². The lowest BCUT2D eigenvalue weighted by Crippen LogP contribution is -2.37. The van der Waals surface area contributed by atoms with Gasteiger partial charge < -0.3 is 15.4 Å². The monoisotopic (exact) mass is 408 g/mol. The Hall–Kier alpha value is -3.94. The molecule has 2 aromatic carbocycles. The highest BCUT2D eigenvalue weighted by atomic mass is 16.5. The van der Waals surface area contributed by atoms with Gasteiger partial charge in [0.2, 0.25) is 0 Å². The summed E-state index contributed by atoms with van der Waals surface area (Å²) in [6, 6.07) is 12.5. The SMILES string of the molecule is C=CCNC(=O)C(=O)N/N=C\c1ccc(OCC(=O)Nc2cccc(C)c2C)cc1. The number of ether oxygens (including phenoxy) is 1. The topological polar surface area (TPSA) is 109 Å². The molecule has 2 rings (SSSR count). The Morgan fingerprint density at radius 3 is 2.50 bits per heavy atom. The maximum atomic E-state index is 12.1. The summed E-state index contributed by atoms with van der Waals surface area (Å²) in [6.07, 6.45) is 2.85. The minimum absolute atomic E-state index is 0.128. The molecule has 0 radical (unpaired) electrons. The van der Waals surface area contributed by atoms with E-state index in [9.17, 15) is 14.4 Å². The molecule has 3 amide bonds. The van der Waals surface area contributed by atoms with E-state index < -0.39 is 11.8 Å². The molecule has 156 valence electrons. The third-order valence-corrected chi connectivity index (χ3v) is 4.12. The van der Waals surface area contributed by atoms with Gasteiger partial charge in [0.15, 0.2) is 6.61 Å². The Kier molecular flexibility index (Phi) is 8.31. The molecule has 0 atom stereocenters. The van der Waals surface area contributed by atoms with Crippen LogP contribution < -0.4 is 20.8 Å². The van der Waals surface area contributed by atoms with Gasteiger partial charge in [0, 0.05) is 12.2 Å². The van der Waals surface area contributed by atoms with E-state index in [2.05, 4.69) is 27.7 Å². The first-order valence-electron chi connectivity index (χ1n) is 9.21. The number of amides is 3. The van der Waals surface area contributed by atoms with Crippen LogP contribution in [-0.4, -0.2) is 37.1 Å². The zero-order valence-corrected chi connectivity index (χ0v) is 16.9. The number of carbonyl (C=O) groups is 3. The zero-order chi connectivity index (χ0) is 21.9. The molecule has 0 saturated carbocycles. The Morgan fingerprint density at radius 2 is 1.80 bits per heavy atom. The van der Waals surface area contributed by atoms with Crippen LogP contribution in [0.1, 0.15) is 16.7 Å². The number of rotatable bonds is 8. The van der Waals surface area contributed by atoms with Crippen molar-refractivity contribution in [3.05, 3.63) is 71.8 Å². The maximum Gasteiger partial charge on any atom is 0.329 e. The Bertz CT molecular complexity index is 952. The minimum atomic E-state index is -0.872. The molecule has 3 N–H and O–H groups in total. The summed E-state index contributed by atoms with van der Waals surface area (Å²) in [6.45, 7) is 7.43. The lowest BCUT2D eigenvalue weighted by atomic mass is 10.1. The smallest absolute Gasteiger partial charge is 0.329 e. The Labute approximate surface area is 175 Å². The molecule has 0 aromatic heterocycles. The summed E-state index contributed by atoms with van der Waals surface area (Å²) in [7, 11) is 0. The molecule has 2 aromatic rings. The predicted octanol–water partition coefficient (Wildman–Crippen LogP) is 2.07. The normalized spacial score (nSPS) is 10.3. The van der Waals surface area contributed by atoms with Crippen molar-refractivity contribution >= 4 is 29.6 Å². The number of hydrogen-bond donors (Lipinski definition) is 3. The molecule has 8 nitrogen and oxygen atoms in total. The number of nitrogens with zero attached hydrogens (tertiary/aromatic N) is 1. The lowest BCUT2D eigenvalue weighted by Gasteiger charge is -2.11. The summed E-state index contributed by atoms with van der Waals surface area (Å²) >= 11 is 0. The van der Waals surface area contributed by atoms with E-state index in [1.54, 1.807) is 24.3 Å². The van der Waals surface area contributed by atoms with Gasteiger partial charge >= 0.3 is 11.8 Å². The minimum Gasteiger partial charge on any atom is -0.484 e. The second-order valence-corrected chi connectivity index (χ2v) is 6.35. The first-order valence-corrected chi connectivity index (χ1v) is 9.21. The van der Waals surface area contributed by atoms with Gasteiger partial charge in [0.05, 0.1) is 6.21 Å². The molecule has 0 aliphatic rings. The molecule has 0 unspecified atom stereocenters. The van der Waals surface area contributed by atoms with Crippen molar-refractivity contribution in [2.75, 3.05) is 18.5 Å². The maximum absolute atomic E-state index is 12.1. The van der Waals surface area contributed by atoms with Crippen LogP contribution in [0.2, 0.25) is 0 Å². The van der Waals surface area contributed by atoms with Gasteiger partial charge in [-0.25, -0.2) is 5.43 Å². The van der Waals surface area contributed by atoms with E-state index in [-0.39, 0.29) is 19.1 Å². The second-order valence-electron chi connectivity index (χ2n) is 6.35. The zero-order valence-electron chi connectivity index (χ0n) is 16.9. The Morgan fingerprint density at radius 1 is 1.07 bits per heavy atom. The molecule has 0 spiro atoms. The first-order chi connectivity index (χ1) is 14.4. The molecule has 0 aliphatic heterocycles. The molecule has 0 heterocycles. The van der Waals surface area contributed by atoms with E-state index in [0.29, 0.717) is 11.3 Å². The summed E-state index contributed by atoms with van der Waals surface area (Å²) < 4.78 is 5.49. The van der Waals surface area contributed by atoms with Crippen LogP contribution in [0.3, 0.4) is 0 Å². The third-order valence-electron chi connectivity index (χ3n) is 4.12. The van der Waals surface area contributed by atoms with Gasteiger partial charge in [-0.05, 0) is 60.9 Å². The van der Waals surface area contributed by atoms with Crippen molar-refractivity contribution in [2.45, 2.75) is 13.8 Å². The molecule has 0 bridgehead atoms. The van der Waals surface area contributed by atoms with Crippen LogP contribution in [0.25, 0.3) is 0 Å². The van der Waals surface area contributed by atoms with E-state index in [0.717, 1.165) is 16.8 Å². The standard InChI is InChI=1S/C22H24N4O4/c1-4-12-23-21(28)22(29)26-24-13-17-8-10-18(11-9-17)30-14-20(27)25-19-7-5-6-15(2)16(19)3/h4-11,13H,1,12,14H2,2-3H3,(H,23,28)(H,25,27)(H,26,29)/b24-13-. The molecular weight excluding hydrogens is 384 g/mol. The number of hydrazone groups is 1. The van der Waals surface area contributed by atoms with Gasteiger partial charge in [-0.3, -0.25) is 14.4 Å². The highest BCUT2D eigenvalue weighted by molar-refractivity contribution is 6.35. The van der Waals surface area contributed by atoms with Crippen LogP contribution in [0, 0.1) is 13.8 Å². The van der Waals surface area contributed by atoms with Crippen molar-refractivity contribution in [1.29, 1.82) is 0 Å². The van der Waals surface area contributed by atoms with Crippen LogP contribution in [0.15, 0.2) is 60.2 Å². The highest BCUT2D eigenvalue weighted by Crippen LogP contribution is 2.18. The quantitative estimate of drug-likeness (QED) is 0.269. The third kappa shape index (κ3) is 6.90. The molecule has 0 saturated heterocycles. The summed E-state index contributed by atoms with van der Waals surface area (Å²) in [5, 5.41) is 8.89. The van der Waals surface area contributed by atoms with Crippen molar-refractivity contribution < 1.29 is 19.1 Å². The fraction of sp³-hybridized carbons (Fsp3) is 0.182. The van der Waals surface area contributed by atoms with E-state index >= 15 is 0 Å². The van der Waals surface area contributed by atoms with Gasteiger partial charge in [-0.1, -0.05) is 18.2 Å². The number of anilines is 1. The van der Waals surface area contributed by atoms with Crippen LogP contribution >= 0.6 is 0 Å². The van der Waals surface area contributed by atoms with Gasteiger partial charge in [0.1, 0.15) is 5.75 Å². The Balaban J connectivity index is 1.80. The lowest BCUT2D eigenvalue weighted by molar-refractivity contribution is -0.139. The van der Waals surface area contributed by atoms with E-state index in [4.69, 9.17) is 4.74 Å². The number of benzene rings is 2. The predicted molar refractivity (Wildman–Crippen MR) is 115 cm³/mol. The van der Waals surface area contributed by atoms with Crippen molar-refractivity contribution in [2.24, 2.45) is 5.10 Å². The van der Waals surface area contributed by atoms with Crippen molar-refractivity contribution in [3.8, 4) is 5.75 Å². The molecular formula is C22H24N4O4. The van der Waals surface area contributed by atoms with Crippen LogP contribution in [0.5, 0.6) is 5.75 Å². The molecule has 8 heteroatoms. The first kappa shape index (κ1) is 22.4. The fourth-order valence-electron chi connectivity index (χ4n) is 2.33. The fourth-order valence-corrected chi connectivity index (χ4v) is 2.33. The number of carbonyl (C=O) groups excluding carboxylic acids is 3. The number of hydrogen-bond acceptors (Lipinski definition) is 5. The van der Waals surface area contributed by atoms with Crippen molar-refractivity contribution in [1.82, 2.24) is 10.7 Å². The summed E-state index contributed by atoms with van der Waals surface area (Å²) in [4.78, 5) is 35.0. The van der Waals surface area contributed by atoms with Gasteiger partial charge in [0.25, 0.3) is 5.91 Å². The number of nitrogens with one attached hydrogen (secondary N) is 3. The average Bonchev–Trinajstić information content (AvgIpc) is 2.74. The molecule has 30 heavy (non-hydrogen) atoms. The molecule has 0 aliphatic carbocycles. The summed E-state index contributed by atoms with van der Waals surface area (Å²) in [5.74, 6) is -1.42. The largest absolute Gasteiger partial charge is 0.484 e. The highest BCUT2D eigenvalue weighted by Gasteiger charge is 2.10. The van der Waals surface area contributed by atoms with Crippen LogP contribution in [0.4, 0.5) is 5.69 Å². The van der Waals surface area contributed by atoms with Gasteiger partial charge in [-0.15, -0.1) is 6.58 Å². The van der Waals surface area contributed by atoms with Gasteiger partial charge in [-0.2, -0.15) is 5.10 Å². The number of aryl methyl sites for hydroxylation is 1. The van der Waals surface area contributed by atoms with E-state index in [1.165, 1.54) is 12.3 Å². The van der Waals surface area contributed by atoms with Crippen LogP contribution in [-0.2, 0) is 14.4 Å². The summed E-state index contributed by atoms with van der Waals surface area (Å²) in [5.41, 5.74) is 5.67. The average molecular weight is 408 g/mol. The van der Waals surface area contributed by atoms with E-state index in [1.807, 2.05) is 32.0 Å².